The molecule has 1 saturated heterocycles. The van der Waals surface area contributed by atoms with Gasteiger partial charge in [-0.1, -0.05) is 6.07 Å². The molecule has 1 fully saturated rings. The number of hydrogen-bond donors (Lipinski definition) is 1. The van der Waals surface area contributed by atoms with Gasteiger partial charge in [0.2, 0.25) is 11.9 Å². The first-order chi connectivity index (χ1) is 14.5. The Bertz CT molecular complexity index is 835. The van der Waals surface area contributed by atoms with E-state index in [4.69, 9.17) is 4.74 Å². The monoisotopic (exact) mass is 429 g/mol. The van der Waals surface area contributed by atoms with Crippen LogP contribution in [0.5, 0.6) is 5.75 Å². The fourth-order valence-electron chi connectivity index (χ4n) is 3.65. The lowest BCUT2D eigenvalue weighted by molar-refractivity contribution is -0.132. The number of hydrogen-bond acceptors (Lipinski definition) is 7. The van der Waals surface area contributed by atoms with Crippen LogP contribution in [-0.4, -0.2) is 72.1 Å². The van der Waals surface area contributed by atoms with Crippen molar-refractivity contribution in [3.8, 4) is 5.75 Å². The number of methoxy groups -OCH3 is 1. The Labute approximate surface area is 183 Å². The zero-order chi connectivity index (χ0) is 21.5. The lowest BCUT2D eigenvalue weighted by Gasteiger charge is -2.37. The van der Waals surface area contributed by atoms with Crippen LogP contribution in [0.15, 0.2) is 30.3 Å². The number of anilines is 2. The second kappa shape index (κ2) is 10.5. The largest absolute Gasteiger partial charge is 0.497 e. The van der Waals surface area contributed by atoms with E-state index in [1.54, 1.807) is 18.9 Å². The van der Waals surface area contributed by atoms with Crippen molar-refractivity contribution in [3.63, 3.8) is 0 Å². The zero-order valence-corrected chi connectivity index (χ0v) is 19.0. The molecular formula is C22H31N5O2S. The highest BCUT2D eigenvalue weighted by molar-refractivity contribution is 7.98. The Morgan fingerprint density at radius 1 is 1.17 bits per heavy atom. The van der Waals surface area contributed by atoms with Gasteiger partial charge in [-0.3, -0.25) is 4.79 Å². The Morgan fingerprint density at radius 3 is 2.50 bits per heavy atom. The SMILES string of the molecule is COc1cccc(N2CCN(C(=O)C(CCSC)Nc3nc(C)cc(C)n3)CC2)c1. The minimum absolute atomic E-state index is 0.122. The molecule has 0 saturated carbocycles. The molecule has 1 aromatic carbocycles. The number of thioether (sulfide) groups is 1. The number of amides is 1. The van der Waals surface area contributed by atoms with Gasteiger partial charge in [-0.2, -0.15) is 11.8 Å². The van der Waals surface area contributed by atoms with Crippen molar-refractivity contribution in [2.45, 2.75) is 26.3 Å². The van der Waals surface area contributed by atoms with Gasteiger partial charge in [0.05, 0.1) is 7.11 Å². The van der Waals surface area contributed by atoms with Gasteiger partial charge in [-0.05, 0) is 50.5 Å². The predicted molar refractivity (Wildman–Crippen MR) is 124 cm³/mol. The minimum atomic E-state index is -0.318. The standard InChI is InChI=1S/C22H31N5O2S/c1-16-14-17(2)24-22(23-16)25-20(8-13-30-4)21(28)27-11-9-26(10-12-27)18-6-5-7-19(15-18)29-3/h5-7,14-15,20H,8-13H2,1-4H3,(H,23,24,25). The lowest BCUT2D eigenvalue weighted by Crippen LogP contribution is -2.53. The summed E-state index contributed by atoms with van der Waals surface area (Å²) in [6.45, 7) is 6.87. The van der Waals surface area contributed by atoms with E-state index in [0.29, 0.717) is 19.0 Å². The van der Waals surface area contributed by atoms with E-state index in [-0.39, 0.29) is 11.9 Å². The van der Waals surface area contributed by atoms with Crippen LogP contribution >= 0.6 is 11.8 Å². The van der Waals surface area contributed by atoms with Gasteiger partial charge in [0.25, 0.3) is 0 Å². The van der Waals surface area contributed by atoms with E-state index in [1.807, 2.05) is 43.0 Å². The van der Waals surface area contributed by atoms with E-state index < -0.39 is 0 Å². The molecule has 8 heteroatoms. The number of aryl methyl sites for hydroxylation is 2. The number of nitrogens with zero attached hydrogens (tertiary/aromatic N) is 4. The molecule has 1 aliphatic heterocycles. The predicted octanol–water partition coefficient (Wildman–Crippen LogP) is 2.98. The molecule has 2 aromatic rings. The number of ether oxygens (including phenoxy) is 1. The molecule has 1 atom stereocenters. The van der Waals surface area contributed by atoms with E-state index in [9.17, 15) is 4.79 Å². The van der Waals surface area contributed by atoms with E-state index >= 15 is 0 Å². The molecule has 30 heavy (non-hydrogen) atoms. The maximum Gasteiger partial charge on any atom is 0.245 e. The number of nitrogens with one attached hydrogen (secondary N) is 1. The van der Waals surface area contributed by atoms with Crippen LogP contribution in [0.1, 0.15) is 17.8 Å². The number of aromatic nitrogens is 2. The zero-order valence-electron chi connectivity index (χ0n) is 18.2. The molecular weight excluding hydrogens is 398 g/mol. The highest BCUT2D eigenvalue weighted by Crippen LogP contribution is 2.22. The summed E-state index contributed by atoms with van der Waals surface area (Å²) in [5.41, 5.74) is 2.92. The van der Waals surface area contributed by atoms with Gasteiger partial charge in [0.15, 0.2) is 0 Å². The Kier molecular flexibility index (Phi) is 7.79. The van der Waals surface area contributed by atoms with Crippen LogP contribution in [0.4, 0.5) is 11.6 Å². The third kappa shape index (κ3) is 5.78. The summed E-state index contributed by atoms with van der Waals surface area (Å²) in [5.74, 6) is 2.40. The van der Waals surface area contributed by atoms with Gasteiger partial charge in [-0.25, -0.2) is 9.97 Å². The summed E-state index contributed by atoms with van der Waals surface area (Å²) in [7, 11) is 1.68. The maximum absolute atomic E-state index is 13.3. The Balaban J connectivity index is 1.64. The molecule has 2 heterocycles. The summed E-state index contributed by atoms with van der Waals surface area (Å²) in [5, 5.41) is 3.29. The van der Waals surface area contributed by atoms with Crippen molar-refractivity contribution in [1.82, 2.24) is 14.9 Å². The first-order valence-corrected chi connectivity index (χ1v) is 11.6. The molecule has 1 aliphatic rings. The lowest BCUT2D eigenvalue weighted by atomic mass is 10.1. The van der Waals surface area contributed by atoms with E-state index in [2.05, 4.69) is 32.5 Å². The molecule has 0 radical (unpaired) electrons. The molecule has 0 spiro atoms. The summed E-state index contributed by atoms with van der Waals surface area (Å²) in [6.07, 6.45) is 2.80. The number of carbonyl (C=O) groups is 1. The average Bonchev–Trinajstić information content (AvgIpc) is 2.75. The van der Waals surface area contributed by atoms with Gasteiger partial charge in [0, 0.05) is 49.3 Å². The summed E-state index contributed by atoms with van der Waals surface area (Å²) >= 11 is 1.74. The second-order valence-electron chi connectivity index (χ2n) is 7.47. The van der Waals surface area contributed by atoms with Crippen LogP contribution in [0, 0.1) is 13.8 Å². The van der Waals surface area contributed by atoms with E-state index in [1.165, 1.54) is 0 Å². The first kappa shape index (κ1) is 22.2. The average molecular weight is 430 g/mol. The molecule has 1 N–H and O–H groups in total. The second-order valence-corrected chi connectivity index (χ2v) is 8.45. The number of piperazine rings is 1. The summed E-state index contributed by atoms with van der Waals surface area (Å²) in [6, 6.07) is 9.68. The summed E-state index contributed by atoms with van der Waals surface area (Å²) in [4.78, 5) is 26.4. The molecule has 1 unspecified atom stereocenters. The van der Waals surface area contributed by atoms with Crippen molar-refractivity contribution < 1.29 is 9.53 Å². The topological polar surface area (TPSA) is 70.6 Å². The van der Waals surface area contributed by atoms with Crippen LogP contribution in [0.25, 0.3) is 0 Å². The first-order valence-electron chi connectivity index (χ1n) is 10.3. The summed E-state index contributed by atoms with van der Waals surface area (Å²) < 4.78 is 5.33. The molecule has 162 valence electrons. The number of carbonyl (C=O) groups excluding carboxylic acids is 1. The van der Waals surface area contributed by atoms with Gasteiger partial charge in [-0.15, -0.1) is 0 Å². The molecule has 0 bridgehead atoms. The van der Waals surface area contributed by atoms with E-state index in [0.717, 1.165) is 48.1 Å². The molecule has 0 aliphatic carbocycles. The Hall–Kier alpha value is -2.48. The van der Waals surface area contributed by atoms with Gasteiger partial charge in [0.1, 0.15) is 11.8 Å². The maximum atomic E-state index is 13.3. The van der Waals surface area contributed by atoms with Crippen LogP contribution in [-0.2, 0) is 4.79 Å². The molecule has 3 rings (SSSR count). The molecule has 1 amide bonds. The number of rotatable bonds is 8. The van der Waals surface area contributed by atoms with Crippen molar-refractivity contribution in [3.05, 3.63) is 41.7 Å². The normalized spacial score (nSPS) is 15.1. The van der Waals surface area contributed by atoms with Gasteiger partial charge >= 0.3 is 0 Å². The highest BCUT2D eigenvalue weighted by atomic mass is 32.2. The van der Waals surface area contributed by atoms with Crippen LogP contribution in [0.3, 0.4) is 0 Å². The van der Waals surface area contributed by atoms with Crippen LogP contribution < -0.4 is 15.0 Å². The van der Waals surface area contributed by atoms with Gasteiger partial charge < -0.3 is 19.9 Å². The highest BCUT2D eigenvalue weighted by Gasteiger charge is 2.28. The fourth-order valence-corrected chi connectivity index (χ4v) is 4.12. The third-order valence-electron chi connectivity index (χ3n) is 5.20. The third-order valence-corrected chi connectivity index (χ3v) is 5.85. The number of benzene rings is 1. The van der Waals surface area contributed by atoms with Crippen molar-refractivity contribution in [2.24, 2.45) is 0 Å². The van der Waals surface area contributed by atoms with Crippen molar-refractivity contribution >= 4 is 29.3 Å². The Morgan fingerprint density at radius 2 is 1.87 bits per heavy atom. The fraction of sp³-hybridized carbons (Fsp3) is 0.500. The smallest absolute Gasteiger partial charge is 0.245 e. The van der Waals surface area contributed by atoms with Crippen LogP contribution in [0.2, 0.25) is 0 Å². The van der Waals surface area contributed by atoms with Crippen molar-refractivity contribution in [2.75, 3.05) is 55.5 Å². The molecule has 7 nitrogen and oxygen atoms in total. The minimum Gasteiger partial charge on any atom is -0.497 e. The molecule has 1 aromatic heterocycles. The quantitative estimate of drug-likeness (QED) is 0.692. The van der Waals surface area contributed by atoms with Crippen molar-refractivity contribution in [1.29, 1.82) is 0 Å².